The fourth-order valence-electron chi connectivity index (χ4n) is 7.53. The zero-order chi connectivity index (χ0) is 32.8. The third kappa shape index (κ3) is 5.21. The van der Waals surface area contributed by atoms with Gasteiger partial charge in [0.15, 0.2) is 19.7 Å². The minimum atomic E-state index is -2.89. The summed E-state index contributed by atoms with van der Waals surface area (Å²) in [5.74, 6) is -0.288. The van der Waals surface area contributed by atoms with Gasteiger partial charge in [0, 0.05) is 42.3 Å². The first-order valence-corrected chi connectivity index (χ1v) is 18.8. The van der Waals surface area contributed by atoms with Crippen molar-refractivity contribution >= 4 is 43.2 Å². The molecule has 3 aliphatic heterocycles. The molecule has 3 aliphatic rings. The van der Waals surface area contributed by atoms with Crippen LogP contribution in [0.4, 0.5) is 17.1 Å². The summed E-state index contributed by atoms with van der Waals surface area (Å²) in [5.41, 5.74) is 0.999. The standard InChI is InChI=1S/C35H40N2O8Si/c1-22-32(46(3,4)42)30(18-20-38)45-35(22)25-21-23(16-17-26(25)36(34(35)41)19-10-9-15-31(39)43-2)37-27-12-6-8-14-29(27)44-28-13-7-5-11-24(28)33(37)40/h5-8,11-14,16-17,21-22,30,32,38,42H,9-10,15,18-20H2,1-4H3/t22-,30+,32-,35+/m1/s1. The maximum atomic E-state index is 14.7. The summed E-state index contributed by atoms with van der Waals surface area (Å²) in [6, 6.07) is 19.9. The second-order valence-electron chi connectivity index (χ2n) is 12.8. The number of carbonyl (C=O) groups is 3. The largest absolute Gasteiger partial charge is 0.469 e. The Kier molecular flexibility index (Phi) is 8.53. The highest BCUT2D eigenvalue weighted by Crippen LogP contribution is 2.60. The molecule has 3 aromatic rings. The molecule has 1 fully saturated rings. The van der Waals surface area contributed by atoms with E-state index < -0.39 is 25.9 Å². The summed E-state index contributed by atoms with van der Waals surface area (Å²) in [7, 11) is -1.54. The number of unbranched alkanes of at least 4 members (excludes halogenated alkanes) is 1. The van der Waals surface area contributed by atoms with Crippen molar-refractivity contribution in [2.75, 3.05) is 30.1 Å². The molecule has 0 bridgehead atoms. The van der Waals surface area contributed by atoms with Crippen molar-refractivity contribution in [1.82, 2.24) is 0 Å². The van der Waals surface area contributed by atoms with E-state index in [1.165, 1.54) is 7.11 Å². The third-order valence-electron chi connectivity index (χ3n) is 9.53. The van der Waals surface area contributed by atoms with Crippen LogP contribution in [0.2, 0.25) is 18.6 Å². The Balaban J connectivity index is 1.49. The van der Waals surface area contributed by atoms with Crippen LogP contribution in [0.15, 0.2) is 66.7 Å². The highest BCUT2D eigenvalue weighted by atomic mass is 28.4. The molecule has 0 saturated carbocycles. The van der Waals surface area contributed by atoms with Crippen LogP contribution in [0.3, 0.4) is 0 Å². The van der Waals surface area contributed by atoms with Crippen molar-refractivity contribution < 1.29 is 38.5 Å². The molecule has 0 unspecified atom stereocenters. The first-order valence-electron chi connectivity index (χ1n) is 15.8. The van der Waals surface area contributed by atoms with Gasteiger partial charge in [-0.2, -0.15) is 0 Å². The van der Waals surface area contributed by atoms with Gasteiger partial charge in [-0.1, -0.05) is 31.2 Å². The Labute approximate surface area is 269 Å². The van der Waals surface area contributed by atoms with Crippen molar-refractivity contribution in [3.05, 3.63) is 77.9 Å². The number of amides is 2. The van der Waals surface area contributed by atoms with Gasteiger partial charge < -0.3 is 29.0 Å². The monoisotopic (exact) mass is 644 g/mol. The average Bonchev–Trinajstić information content (AvgIpc) is 3.41. The van der Waals surface area contributed by atoms with Crippen LogP contribution in [0.5, 0.6) is 11.5 Å². The molecule has 1 saturated heterocycles. The van der Waals surface area contributed by atoms with Gasteiger partial charge in [-0.05, 0) is 74.8 Å². The molecule has 10 nitrogen and oxygen atoms in total. The average molecular weight is 645 g/mol. The number of nitrogens with zero attached hydrogens (tertiary/aromatic N) is 2. The number of para-hydroxylation sites is 3. The number of anilines is 3. The van der Waals surface area contributed by atoms with Gasteiger partial charge in [0.1, 0.15) is 5.75 Å². The zero-order valence-electron chi connectivity index (χ0n) is 26.6. The number of fused-ring (bicyclic) bond motifs is 4. The van der Waals surface area contributed by atoms with Crippen molar-refractivity contribution in [1.29, 1.82) is 0 Å². The first kappa shape index (κ1) is 31.9. The predicted octanol–water partition coefficient (Wildman–Crippen LogP) is 5.64. The molecule has 3 aromatic carbocycles. The van der Waals surface area contributed by atoms with Crippen LogP contribution >= 0.6 is 0 Å². The topological polar surface area (TPSA) is 126 Å². The molecular weight excluding hydrogens is 604 g/mol. The second-order valence-corrected chi connectivity index (χ2v) is 16.7. The molecule has 0 aromatic heterocycles. The van der Waals surface area contributed by atoms with Gasteiger partial charge in [-0.25, -0.2) is 0 Å². The number of hydrogen-bond acceptors (Lipinski definition) is 8. The summed E-state index contributed by atoms with van der Waals surface area (Å²) >= 11 is 0. The molecule has 6 rings (SSSR count). The van der Waals surface area contributed by atoms with Gasteiger partial charge in [-0.15, -0.1) is 0 Å². The number of benzene rings is 3. The van der Waals surface area contributed by atoms with E-state index in [1.54, 1.807) is 28.0 Å². The Hall–Kier alpha value is -4.03. The number of rotatable bonds is 9. The van der Waals surface area contributed by atoms with Gasteiger partial charge in [-0.3, -0.25) is 19.3 Å². The van der Waals surface area contributed by atoms with Crippen LogP contribution < -0.4 is 14.5 Å². The van der Waals surface area contributed by atoms with E-state index in [2.05, 4.69) is 0 Å². The summed E-state index contributed by atoms with van der Waals surface area (Å²) < 4.78 is 17.8. The molecule has 4 atom stereocenters. The normalized spacial score (nSPS) is 23.6. The molecule has 0 radical (unpaired) electrons. The van der Waals surface area contributed by atoms with Crippen LogP contribution in [0, 0.1) is 5.92 Å². The van der Waals surface area contributed by atoms with Crippen LogP contribution in [0.1, 0.15) is 48.5 Å². The molecule has 0 aliphatic carbocycles. The summed E-state index contributed by atoms with van der Waals surface area (Å²) in [6.45, 7) is 5.82. The SMILES string of the molecule is COC(=O)CCCCN1C(=O)[C@@]2(O[C@@H](CCO)[C@H]([Si](C)(C)O)[C@H]2C)c2cc(N3C(=O)c4ccccc4Oc4ccccc43)ccc21. The second kappa shape index (κ2) is 12.3. The number of ether oxygens (including phenoxy) is 3. The van der Waals surface area contributed by atoms with Gasteiger partial charge in [0.25, 0.3) is 11.8 Å². The Bertz CT molecular complexity index is 1670. The molecule has 1 spiro atoms. The maximum absolute atomic E-state index is 14.7. The Morgan fingerprint density at radius 1 is 1.00 bits per heavy atom. The fourth-order valence-corrected chi connectivity index (χ4v) is 10.1. The number of hydrogen-bond donors (Lipinski definition) is 2. The number of aliphatic hydroxyl groups excluding tert-OH is 1. The minimum Gasteiger partial charge on any atom is -0.469 e. The van der Waals surface area contributed by atoms with E-state index in [4.69, 9.17) is 14.2 Å². The molecule has 2 N–H and O–H groups in total. The lowest BCUT2D eigenvalue weighted by Crippen LogP contribution is -2.46. The highest BCUT2D eigenvalue weighted by Gasteiger charge is 2.66. The summed E-state index contributed by atoms with van der Waals surface area (Å²) in [6.07, 6.45) is 1.09. The van der Waals surface area contributed by atoms with Crippen molar-refractivity contribution in [2.24, 2.45) is 5.92 Å². The van der Waals surface area contributed by atoms with E-state index in [1.807, 2.05) is 68.5 Å². The Morgan fingerprint density at radius 2 is 1.72 bits per heavy atom. The predicted molar refractivity (Wildman–Crippen MR) is 175 cm³/mol. The zero-order valence-corrected chi connectivity index (χ0v) is 27.6. The molecule has 242 valence electrons. The number of aliphatic hydroxyl groups is 1. The van der Waals surface area contributed by atoms with Gasteiger partial charge >= 0.3 is 5.97 Å². The highest BCUT2D eigenvalue weighted by molar-refractivity contribution is 6.71. The number of carbonyl (C=O) groups excluding carboxylic acids is 3. The minimum absolute atomic E-state index is 0.148. The van der Waals surface area contributed by atoms with Gasteiger partial charge in [0.2, 0.25) is 0 Å². The molecule has 3 heterocycles. The van der Waals surface area contributed by atoms with E-state index in [0.717, 1.165) is 0 Å². The maximum Gasteiger partial charge on any atom is 0.305 e. The van der Waals surface area contributed by atoms with E-state index >= 15 is 0 Å². The quantitative estimate of drug-likeness (QED) is 0.174. The molecule has 46 heavy (non-hydrogen) atoms. The molecule has 11 heteroatoms. The smallest absolute Gasteiger partial charge is 0.305 e. The van der Waals surface area contributed by atoms with Gasteiger partial charge in [0.05, 0.1) is 30.2 Å². The molecule has 2 amide bonds. The van der Waals surface area contributed by atoms with Crippen LogP contribution in [0.25, 0.3) is 0 Å². The van der Waals surface area contributed by atoms with Crippen LogP contribution in [-0.4, -0.2) is 62.4 Å². The summed E-state index contributed by atoms with van der Waals surface area (Å²) in [4.78, 5) is 55.4. The lowest BCUT2D eigenvalue weighted by atomic mass is 9.82. The first-order chi connectivity index (χ1) is 22.0. The van der Waals surface area contributed by atoms with Crippen molar-refractivity contribution in [2.45, 2.75) is 62.9 Å². The van der Waals surface area contributed by atoms with Crippen LogP contribution in [-0.2, 0) is 24.7 Å². The van der Waals surface area contributed by atoms with E-state index in [0.29, 0.717) is 59.1 Å². The van der Waals surface area contributed by atoms with Crippen molar-refractivity contribution in [3.8, 4) is 11.5 Å². The lowest BCUT2D eigenvalue weighted by molar-refractivity contribution is -0.146. The number of esters is 1. The number of methoxy groups -OCH3 is 1. The van der Waals surface area contributed by atoms with E-state index in [9.17, 15) is 24.3 Å². The molecular formula is C35H40N2O8Si. The third-order valence-corrected chi connectivity index (χ3v) is 12.0. The summed E-state index contributed by atoms with van der Waals surface area (Å²) in [5, 5.41) is 9.96. The lowest BCUT2D eigenvalue weighted by Gasteiger charge is -2.32. The Morgan fingerprint density at radius 3 is 2.43 bits per heavy atom. The van der Waals surface area contributed by atoms with E-state index in [-0.39, 0.29) is 42.8 Å². The van der Waals surface area contributed by atoms with Crippen molar-refractivity contribution in [3.63, 3.8) is 0 Å². The fraction of sp³-hybridized carbons (Fsp3) is 0.400.